The van der Waals surface area contributed by atoms with Crippen LogP contribution in [-0.2, 0) is 11.2 Å². The molecule has 1 spiro atoms. The van der Waals surface area contributed by atoms with E-state index in [2.05, 4.69) is 24.0 Å². The fourth-order valence-electron chi connectivity index (χ4n) is 3.86. The van der Waals surface area contributed by atoms with Crippen molar-refractivity contribution in [1.82, 2.24) is 4.98 Å². The number of thiazole rings is 1. The third kappa shape index (κ3) is 1.69. The molecular weight excluding hydrogens is 296 g/mol. The number of benzene rings is 1. The monoisotopic (exact) mass is 314 g/mol. The molecule has 2 atom stereocenters. The smallest absolute Gasteiger partial charge is 0.257 e. The van der Waals surface area contributed by atoms with E-state index in [4.69, 9.17) is 4.74 Å². The topological polar surface area (TPSA) is 42.2 Å². The summed E-state index contributed by atoms with van der Waals surface area (Å²) in [6, 6.07) is 6.20. The number of amides is 1. The van der Waals surface area contributed by atoms with Gasteiger partial charge in [-0.1, -0.05) is 19.4 Å². The van der Waals surface area contributed by atoms with Gasteiger partial charge in [-0.05, 0) is 29.7 Å². The Morgan fingerprint density at radius 1 is 1.50 bits per heavy atom. The van der Waals surface area contributed by atoms with Crippen LogP contribution in [0.25, 0.3) is 0 Å². The number of carbonyl (C=O) groups excluding carboxylic acids is 1. The van der Waals surface area contributed by atoms with Crippen LogP contribution in [-0.4, -0.2) is 23.5 Å². The molecule has 114 valence electrons. The van der Waals surface area contributed by atoms with Gasteiger partial charge in [0.25, 0.3) is 5.91 Å². The van der Waals surface area contributed by atoms with E-state index in [9.17, 15) is 4.79 Å². The molecular formula is C17H18N2O2S. The summed E-state index contributed by atoms with van der Waals surface area (Å²) in [4.78, 5) is 19.0. The maximum absolute atomic E-state index is 12.7. The average molecular weight is 314 g/mol. The van der Waals surface area contributed by atoms with E-state index in [1.54, 1.807) is 13.3 Å². The number of carbonyl (C=O) groups is 1. The molecule has 2 aliphatic rings. The van der Waals surface area contributed by atoms with Crippen LogP contribution in [0.1, 0.15) is 36.8 Å². The van der Waals surface area contributed by atoms with Gasteiger partial charge in [-0.3, -0.25) is 9.69 Å². The Kier molecular flexibility index (Phi) is 3.01. The molecule has 2 aromatic rings. The highest BCUT2D eigenvalue weighted by Gasteiger charge is 2.70. The minimum Gasteiger partial charge on any atom is -0.497 e. The highest BCUT2D eigenvalue weighted by molar-refractivity contribution is 7.14. The lowest BCUT2D eigenvalue weighted by Crippen LogP contribution is -2.24. The van der Waals surface area contributed by atoms with Gasteiger partial charge in [0, 0.05) is 23.9 Å². The van der Waals surface area contributed by atoms with Crippen molar-refractivity contribution < 1.29 is 9.53 Å². The molecule has 0 bridgehead atoms. The zero-order valence-electron chi connectivity index (χ0n) is 12.7. The fraction of sp³-hybridized carbons (Fsp3) is 0.412. The SMILES string of the molecule is CCC[C@H]1c2cc(OC)ccc2C[C@@]12C(=O)N2c1nccs1. The van der Waals surface area contributed by atoms with Gasteiger partial charge in [0.2, 0.25) is 0 Å². The summed E-state index contributed by atoms with van der Waals surface area (Å²) in [5.74, 6) is 1.32. The predicted molar refractivity (Wildman–Crippen MR) is 86.7 cm³/mol. The first-order valence-electron chi connectivity index (χ1n) is 7.63. The molecule has 4 rings (SSSR count). The Morgan fingerprint density at radius 2 is 2.36 bits per heavy atom. The molecule has 22 heavy (non-hydrogen) atoms. The van der Waals surface area contributed by atoms with Crippen LogP contribution in [0.4, 0.5) is 5.13 Å². The summed E-state index contributed by atoms with van der Waals surface area (Å²) < 4.78 is 5.37. The van der Waals surface area contributed by atoms with Crippen molar-refractivity contribution in [2.24, 2.45) is 0 Å². The molecule has 0 radical (unpaired) electrons. The third-order valence-corrected chi connectivity index (χ3v) is 5.63. The number of hydrogen-bond acceptors (Lipinski definition) is 4. The molecule has 2 heterocycles. The normalized spacial score (nSPS) is 25.6. The number of rotatable bonds is 4. The Morgan fingerprint density at radius 3 is 3.05 bits per heavy atom. The van der Waals surface area contributed by atoms with Crippen LogP contribution >= 0.6 is 11.3 Å². The van der Waals surface area contributed by atoms with Crippen molar-refractivity contribution in [3.63, 3.8) is 0 Å². The number of ether oxygens (including phenoxy) is 1. The van der Waals surface area contributed by atoms with E-state index >= 15 is 0 Å². The molecule has 1 amide bonds. The number of nitrogens with zero attached hydrogens (tertiary/aromatic N) is 2. The molecule has 1 saturated heterocycles. The minimum atomic E-state index is -0.400. The van der Waals surface area contributed by atoms with Crippen LogP contribution in [0.5, 0.6) is 5.75 Å². The largest absolute Gasteiger partial charge is 0.497 e. The summed E-state index contributed by atoms with van der Waals surface area (Å²) >= 11 is 1.53. The molecule has 0 saturated carbocycles. The van der Waals surface area contributed by atoms with Gasteiger partial charge in [-0.25, -0.2) is 4.98 Å². The molecule has 1 fully saturated rings. The first kappa shape index (κ1) is 13.8. The molecule has 0 unspecified atom stereocenters. The van der Waals surface area contributed by atoms with E-state index in [1.165, 1.54) is 22.5 Å². The highest BCUT2D eigenvalue weighted by atomic mass is 32.1. The predicted octanol–water partition coefficient (Wildman–Crippen LogP) is 3.38. The Balaban J connectivity index is 1.77. The van der Waals surface area contributed by atoms with Crippen molar-refractivity contribution in [2.45, 2.75) is 37.6 Å². The number of hydrogen-bond donors (Lipinski definition) is 0. The number of methoxy groups -OCH3 is 1. The minimum absolute atomic E-state index is 0.219. The Hall–Kier alpha value is -1.88. The number of fused-ring (bicyclic) bond motifs is 1. The van der Waals surface area contributed by atoms with E-state index in [1.807, 2.05) is 16.3 Å². The standard InChI is InChI=1S/C17H18N2O2S/c1-3-4-14-13-9-12(21-2)6-5-11(13)10-17(14)15(20)19(17)16-18-7-8-22-16/h5-9,14H,3-4,10H2,1-2H3/t14-,17-,19?/m0/s1. The molecule has 1 aromatic carbocycles. The summed E-state index contributed by atoms with van der Waals surface area (Å²) in [6.07, 6.45) is 4.62. The second kappa shape index (κ2) is 4.81. The lowest BCUT2D eigenvalue weighted by atomic mass is 9.87. The number of aromatic nitrogens is 1. The Bertz CT molecular complexity index is 728. The van der Waals surface area contributed by atoms with Crippen LogP contribution in [0.2, 0.25) is 0 Å². The average Bonchev–Trinajstić information content (AvgIpc) is 2.94. The molecule has 4 nitrogen and oxygen atoms in total. The first-order chi connectivity index (χ1) is 10.7. The van der Waals surface area contributed by atoms with Crippen molar-refractivity contribution in [3.05, 3.63) is 40.9 Å². The molecule has 1 aromatic heterocycles. The van der Waals surface area contributed by atoms with Crippen LogP contribution in [0, 0.1) is 0 Å². The lowest BCUT2D eigenvalue weighted by Gasteiger charge is -2.18. The van der Waals surface area contributed by atoms with Gasteiger partial charge in [0.15, 0.2) is 5.13 Å². The molecule has 1 aliphatic carbocycles. The van der Waals surface area contributed by atoms with Crippen molar-refractivity contribution in [1.29, 1.82) is 0 Å². The van der Waals surface area contributed by atoms with Crippen molar-refractivity contribution in [3.8, 4) is 5.75 Å². The van der Waals surface area contributed by atoms with Gasteiger partial charge >= 0.3 is 0 Å². The maximum atomic E-state index is 12.7. The van der Waals surface area contributed by atoms with E-state index in [0.29, 0.717) is 0 Å². The van der Waals surface area contributed by atoms with Gasteiger partial charge in [0.1, 0.15) is 11.3 Å². The maximum Gasteiger partial charge on any atom is 0.257 e. The second-order valence-corrected chi connectivity index (χ2v) is 6.84. The van der Waals surface area contributed by atoms with Crippen LogP contribution < -0.4 is 9.64 Å². The van der Waals surface area contributed by atoms with Crippen molar-refractivity contribution in [2.75, 3.05) is 12.0 Å². The lowest BCUT2D eigenvalue weighted by molar-refractivity contribution is -0.111. The van der Waals surface area contributed by atoms with Gasteiger partial charge < -0.3 is 4.74 Å². The number of anilines is 1. The summed E-state index contributed by atoms with van der Waals surface area (Å²) in [7, 11) is 1.69. The molecule has 0 N–H and O–H groups in total. The molecule has 5 heteroatoms. The summed E-state index contributed by atoms with van der Waals surface area (Å²) in [5.41, 5.74) is 2.14. The van der Waals surface area contributed by atoms with Gasteiger partial charge in [0.05, 0.1) is 7.11 Å². The fourth-order valence-corrected chi connectivity index (χ4v) is 4.57. The highest BCUT2D eigenvalue weighted by Crippen LogP contribution is 2.58. The quantitative estimate of drug-likeness (QED) is 0.813. The third-order valence-electron chi connectivity index (χ3n) is 4.88. The zero-order chi connectivity index (χ0) is 15.3. The first-order valence-corrected chi connectivity index (χ1v) is 8.51. The van der Waals surface area contributed by atoms with Gasteiger partial charge in [-0.2, -0.15) is 0 Å². The van der Waals surface area contributed by atoms with E-state index in [0.717, 1.165) is 30.1 Å². The van der Waals surface area contributed by atoms with Crippen LogP contribution in [0.15, 0.2) is 29.8 Å². The van der Waals surface area contributed by atoms with Gasteiger partial charge in [-0.15, -0.1) is 11.3 Å². The summed E-state index contributed by atoms with van der Waals surface area (Å²) in [5, 5.41) is 2.75. The van der Waals surface area contributed by atoms with E-state index in [-0.39, 0.29) is 11.8 Å². The molecule has 1 aliphatic heterocycles. The zero-order valence-corrected chi connectivity index (χ0v) is 13.5. The van der Waals surface area contributed by atoms with Crippen molar-refractivity contribution >= 4 is 22.4 Å². The Labute approximate surface area is 133 Å². The second-order valence-electron chi connectivity index (χ2n) is 5.96. The summed E-state index contributed by atoms with van der Waals surface area (Å²) in [6.45, 7) is 2.17. The van der Waals surface area contributed by atoms with E-state index < -0.39 is 5.54 Å². The van der Waals surface area contributed by atoms with Crippen LogP contribution in [0.3, 0.4) is 0 Å².